The van der Waals surface area contributed by atoms with Crippen LogP contribution in [0, 0.1) is 6.92 Å². The molecule has 0 unspecified atom stereocenters. The Balaban J connectivity index is 1.57. The van der Waals surface area contributed by atoms with E-state index in [1.54, 1.807) is 11.3 Å². The van der Waals surface area contributed by atoms with Crippen LogP contribution in [0.1, 0.15) is 52.7 Å². The van der Waals surface area contributed by atoms with E-state index in [0.29, 0.717) is 17.3 Å². The largest absolute Gasteiger partial charge is 0.462 e. The highest BCUT2D eigenvalue weighted by Crippen LogP contribution is 2.38. The fourth-order valence-corrected chi connectivity index (χ4v) is 5.14. The quantitative estimate of drug-likeness (QED) is 0.343. The lowest BCUT2D eigenvalue weighted by molar-refractivity contribution is 0.0526. The van der Waals surface area contributed by atoms with Gasteiger partial charge in [-0.2, -0.15) is 5.10 Å². The summed E-state index contributed by atoms with van der Waals surface area (Å²) in [5, 5.41) is 12.2. The van der Waals surface area contributed by atoms with Crippen LogP contribution in [-0.2, 0) is 24.1 Å². The molecule has 1 aliphatic rings. The number of fused-ring (bicyclic) bond motifs is 1. The monoisotopic (exact) mass is 484 g/mol. The van der Waals surface area contributed by atoms with Gasteiger partial charge in [0.25, 0.3) is 0 Å². The number of aromatic nitrogens is 2. The molecule has 3 rings (SSSR count). The van der Waals surface area contributed by atoms with E-state index in [9.17, 15) is 4.79 Å². The number of hydrogen-bond donors (Lipinski definition) is 2. The van der Waals surface area contributed by atoms with Crippen molar-refractivity contribution >= 4 is 55.6 Å². The number of aryl methyl sites for hydroxylation is 3. The summed E-state index contributed by atoms with van der Waals surface area (Å²) in [5.41, 5.74) is 2.79. The molecular weight excluding hydrogens is 460 g/mol. The first-order valence-electron chi connectivity index (χ1n) is 9.55. The van der Waals surface area contributed by atoms with Crippen LogP contribution in [0.3, 0.4) is 0 Å². The Kier molecular flexibility index (Phi) is 7.48. The van der Waals surface area contributed by atoms with Crippen LogP contribution in [0.4, 0.5) is 5.00 Å². The molecule has 2 N–H and O–H groups in total. The lowest BCUT2D eigenvalue weighted by Gasteiger charge is -2.13. The third-order valence-corrected chi connectivity index (χ3v) is 6.85. The Hall–Kier alpha value is -1.45. The predicted octanol–water partition coefficient (Wildman–Crippen LogP) is 4.45. The van der Waals surface area contributed by atoms with Crippen LogP contribution in [0.5, 0.6) is 0 Å². The first-order chi connectivity index (χ1) is 13.5. The van der Waals surface area contributed by atoms with Gasteiger partial charge in [0.2, 0.25) is 0 Å². The third kappa shape index (κ3) is 5.12. The first kappa shape index (κ1) is 21.3. The average molecular weight is 485 g/mol. The van der Waals surface area contributed by atoms with Gasteiger partial charge in [-0.3, -0.25) is 4.68 Å². The molecule has 0 saturated heterocycles. The SMILES string of the molecule is CCOC(=O)c1c(NC(=S)NCCCn2cc(Br)c(C)n2)sc2c1CCCC2. The molecule has 0 radical (unpaired) electrons. The number of nitrogens with zero attached hydrogens (tertiary/aromatic N) is 2. The van der Waals surface area contributed by atoms with Gasteiger partial charge in [-0.05, 0) is 79.7 Å². The fraction of sp³-hybridized carbons (Fsp3) is 0.526. The summed E-state index contributed by atoms with van der Waals surface area (Å²) in [5.74, 6) is -0.258. The molecule has 0 aliphatic heterocycles. The molecule has 28 heavy (non-hydrogen) atoms. The number of rotatable bonds is 7. The van der Waals surface area contributed by atoms with Gasteiger partial charge in [0, 0.05) is 24.2 Å². The molecule has 0 spiro atoms. The number of halogens is 1. The van der Waals surface area contributed by atoms with E-state index in [1.807, 2.05) is 24.7 Å². The maximum atomic E-state index is 12.5. The van der Waals surface area contributed by atoms with Gasteiger partial charge in [0.1, 0.15) is 5.00 Å². The van der Waals surface area contributed by atoms with Gasteiger partial charge in [0.15, 0.2) is 5.11 Å². The zero-order chi connectivity index (χ0) is 20.1. The minimum atomic E-state index is -0.258. The molecule has 0 fully saturated rings. The van der Waals surface area contributed by atoms with Crippen molar-refractivity contribution in [3.63, 3.8) is 0 Å². The van der Waals surface area contributed by atoms with Crippen molar-refractivity contribution in [3.8, 4) is 0 Å². The van der Waals surface area contributed by atoms with Gasteiger partial charge in [0.05, 0.1) is 22.3 Å². The molecular formula is C19H25BrN4O2S2. The highest BCUT2D eigenvalue weighted by atomic mass is 79.9. The summed E-state index contributed by atoms with van der Waals surface area (Å²) in [6, 6.07) is 0. The Morgan fingerprint density at radius 2 is 2.21 bits per heavy atom. The molecule has 1 aliphatic carbocycles. The number of esters is 1. The van der Waals surface area contributed by atoms with Crippen molar-refractivity contribution in [1.29, 1.82) is 0 Å². The van der Waals surface area contributed by atoms with Gasteiger partial charge in [-0.1, -0.05) is 0 Å². The fourth-order valence-electron chi connectivity index (χ4n) is 3.27. The van der Waals surface area contributed by atoms with Crippen molar-refractivity contribution in [2.75, 3.05) is 18.5 Å². The lowest BCUT2D eigenvalue weighted by atomic mass is 9.95. The maximum absolute atomic E-state index is 12.5. The summed E-state index contributed by atoms with van der Waals surface area (Å²) >= 11 is 10.5. The molecule has 0 bridgehead atoms. The number of nitrogens with one attached hydrogen (secondary N) is 2. The molecule has 152 valence electrons. The van der Waals surface area contributed by atoms with Crippen molar-refractivity contribution in [2.45, 2.75) is 52.5 Å². The standard InChI is InChI=1S/C19H25BrN4O2S2/c1-3-26-18(25)16-13-7-4-5-8-15(13)28-17(16)22-19(27)21-9-6-10-24-11-14(20)12(2)23-24/h11H,3-10H2,1-2H3,(H2,21,22,27). The number of anilines is 1. The highest BCUT2D eigenvalue weighted by Gasteiger charge is 2.26. The molecule has 2 aromatic heterocycles. The zero-order valence-corrected chi connectivity index (χ0v) is 19.4. The van der Waals surface area contributed by atoms with E-state index in [-0.39, 0.29) is 5.97 Å². The smallest absolute Gasteiger partial charge is 0.341 e. The summed E-state index contributed by atoms with van der Waals surface area (Å²) in [6.45, 7) is 5.70. The van der Waals surface area contributed by atoms with Crippen molar-refractivity contribution < 1.29 is 9.53 Å². The van der Waals surface area contributed by atoms with E-state index in [4.69, 9.17) is 17.0 Å². The van der Waals surface area contributed by atoms with E-state index in [2.05, 4.69) is 31.7 Å². The minimum absolute atomic E-state index is 0.258. The average Bonchev–Trinajstić information content (AvgIpc) is 3.18. The number of carbonyl (C=O) groups is 1. The van der Waals surface area contributed by atoms with E-state index < -0.39 is 0 Å². The lowest BCUT2D eigenvalue weighted by Crippen LogP contribution is -2.30. The van der Waals surface area contributed by atoms with Crippen LogP contribution >= 0.6 is 39.5 Å². The van der Waals surface area contributed by atoms with Crippen LogP contribution in [-0.4, -0.2) is 34.0 Å². The van der Waals surface area contributed by atoms with Crippen molar-refractivity contribution in [3.05, 3.63) is 32.4 Å². The van der Waals surface area contributed by atoms with Crippen molar-refractivity contribution in [1.82, 2.24) is 15.1 Å². The van der Waals surface area contributed by atoms with Crippen LogP contribution in [0.15, 0.2) is 10.7 Å². The predicted molar refractivity (Wildman–Crippen MR) is 120 cm³/mol. The first-order valence-corrected chi connectivity index (χ1v) is 11.6. The molecule has 2 heterocycles. The normalized spacial score (nSPS) is 13.1. The highest BCUT2D eigenvalue weighted by molar-refractivity contribution is 9.10. The third-order valence-electron chi connectivity index (χ3n) is 4.61. The summed E-state index contributed by atoms with van der Waals surface area (Å²) in [7, 11) is 0. The van der Waals surface area contributed by atoms with Crippen molar-refractivity contribution in [2.24, 2.45) is 0 Å². The minimum Gasteiger partial charge on any atom is -0.462 e. The molecule has 6 nitrogen and oxygen atoms in total. The molecule has 0 amide bonds. The Labute approximate surface area is 183 Å². The number of ether oxygens (including phenoxy) is 1. The molecule has 0 atom stereocenters. The molecule has 0 saturated carbocycles. The summed E-state index contributed by atoms with van der Waals surface area (Å²) in [6.07, 6.45) is 7.10. The van der Waals surface area contributed by atoms with Gasteiger partial charge in [-0.15, -0.1) is 11.3 Å². The van der Waals surface area contributed by atoms with Crippen LogP contribution in [0.2, 0.25) is 0 Å². The summed E-state index contributed by atoms with van der Waals surface area (Å²) in [4.78, 5) is 13.8. The Bertz CT molecular complexity index is 843. The van der Waals surface area contributed by atoms with Gasteiger partial charge < -0.3 is 15.4 Å². The van der Waals surface area contributed by atoms with E-state index in [1.165, 1.54) is 11.3 Å². The van der Waals surface area contributed by atoms with Gasteiger partial charge in [-0.25, -0.2) is 4.79 Å². The second-order valence-corrected chi connectivity index (χ2v) is 9.06. The summed E-state index contributed by atoms with van der Waals surface area (Å²) < 4.78 is 8.22. The van der Waals surface area contributed by atoms with Crippen LogP contribution < -0.4 is 10.6 Å². The topological polar surface area (TPSA) is 68.2 Å². The van der Waals surface area contributed by atoms with E-state index in [0.717, 1.165) is 59.5 Å². The number of thiophene rings is 1. The second kappa shape index (κ2) is 9.84. The number of carbonyl (C=O) groups excluding carboxylic acids is 1. The van der Waals surface area contributed by atoms with Gasteiger partial charge >= 0.3 is 5.97 Å². The Morgan fingerprint density at radius 1 is 1.43 bits per heavy atom. The maximum Gasteiger partial charge on any atom is 0.341 e. The number of hydrogen-bond acceptors (Lipinski definition) is 5. The second-order valence-electron chi connectivity index (χ2n) is 6.70. The molecule has 2 aromatic rings. The molecule has 0 aromatic carbocycles. The van der Waals surface area contributed by atoms with Crippen LogP contribution in [0.25, 0.3) is 0 Å². The Morgan fingerprint density at radius 3 is 2.93 bits per heavy atom. The van der Waals surface area contributed by atoms with E-state index >= 15 is 0 Å². The zero-order valence-electron chi connectivity index (χ0n) is 16.1. The molecule has 9 heteroatoms. The number of thiocarbonyl (C=S) groups is 1.